The number of aromatic nitrogens is 1. The normalized spacial score (nSPS) is 12.0. The van der Waals surface area contributed by atoms with Crippen molar-refractivity contribution in [2.45, 2.75) is 39.4 Å². The van der Waals surface area contributed by atoms with Crippen molar-refractivity contribution in [1.82, 2.24) is 4.98 Å². The zero-order valence-corrected chi connectivity index (χ0v) is 9.60. The summed E-state index contributed by atoms with van der Waals surface area (Å²) in [6, 6.07) is 0. The second kappa shape index (κ2) is 4.80. The van der Waals surface area contributed by atoms with Crippen LogP contribution in [0.25, 0.3) is 0 Å². The number of aryl methyl sites for hydroxylation is 1. The van der Waals surface area contributed by atoms with Gasteiger partial charge in [0.15, 0.2) is 5.89 Å². The van der Waals surface area contributed by atoms with Crippen molar-refractivity contribution in [3.63, 3.8) is 0 Å². The predicted molar refractivity (Wildman–Crippen MR) is 55.5 cm³/mol. The van der Waals surface area contributed by atoms with Crippen LogP contribution in [0.15, 0.2) is 10.6 Å². The highest BCUT2D eigenvalue weighted by Crippen LogP contribution is 2.12. The van der Waals surface area contributed by atoms with Crippen molar-refractivity contribution < 1.29 is 9.15 Å². The number of hydrogen-bond donors (Lipinski definition) is 0. The summed E-state index contributed by atoms with van der Waals surface area (Å²) in [5.74, 6) is 1.95. The highest BCUT2D eigenvalue weighted by atomic mass is 35.5. The molecule has 0 aliphatic heterocycles. The van der Waals surface area contributed by atoms with E-state index in [4.69, 9.17) is 20.8 Å². The molecule has 0 fully saturated rings. The molecule has 0 bridgehead atoms. The van der Waals surface area contributed by atoms with Gasteiger partial charge >= 0.3 is 0 Å². The van der Waals surface area contributed by atoms with Crippen molar-refractivity contribution in [2.75, 3.05) is 5.88 Å². The first kappa shape index (κ1) is 11.5. The van der Waals surface area contributed by atoms with Crippen LogP contribution in [0.3, 0.4) is 0 Å². The van der Waals surface area contributed by atoms with Gasteiger partial charge in [0.1, 0.15) is 12.4 Å². The molecule has 1 aromatic heterocycles. The molecule has 4 heteroatoms. The second-order valence-corrected chi connectivity index (χ2v) is 4.44. The molecule has 80 valence electrons. The van der Waals surface area contributed by atoms with E-state index in [0.29, 0.717) is 24.8 Å². The molecule has 0 spiro atoms. The van der Waals surface area contributed by atoms with Crippen LogP contribution in [0.2, 0.25) is 0 Å². The summed E-state index contributed by atoms with van der Waals surface area (Å²) in [4.78, 5) is 4.08. The average molecular weight is 218 g/mol. The highest BCUT2D eigenvalue weighted by molar-refractivity contribution is 6.17. The molecule has 1 aromatic rings. The van der Waals surface area contributed by atoms with E-state index in [-0.39, 0.29) is 5.60 Å². The van der Waals surface area contributed by atoms with Gasteiger partial charge in [-0.1, -0.05) is 0 Å². The minimum Gasteiger partial charge on any atom is -0.443 e. The van der Waals surface area contributed by atoms with Crippen LogP contribution in [-0.4, -0.2) is 16.5 Å². The Labute approximate surface area is 89.4 Å². The molecule has 0 aliphatic rings. The molecule has 0 atom stereocenters. The smallest absolute Gasteiger partial charge is 0.195 e. The Morgan fingerprint density at radius 2 is 2.21 bits per heavy atom. The second-order valence-electron chi connectivity index (χ2n) is 4.06. The third kappa shape index (κ3) is 4.11. The number of oxazole rings is 1. The SMILES string of the molecule is CC(C)(C)OCc1cnc(CCCl)o1. The van der Waals surface area contributed by atoms with E-state index in [1.165, 1.54) is 0 Å². The maximum atomic E-state index is 5.56. The fourth-order valence-corrected chi connectivity index (χ4v) is 1.06. The molecule has 1 heterocycles. The van der Waals surface area contributed by atoms with Gasteiger partial charge in [0.2, 0.25) is 0 Å². The number of hydrogen-bond acceptors (Lipinski definition) is 3. The van der Waals surface area contributed by atoms with Gasteiger partial charge in [-0.25, -0.2) is 4.98 Å². The van der Waals surface area contributed by atoms with Gasteiger partial charge in [-0.3, -0.25) is 0 Å². The van der Waals surface area contributed by atoms with Gasteiger partial charge < -0.3 is 9.15 Å². The molecular weight excluding hydrogens is 202 g/mol. The summed E-state index contributed by atoms with van der Waals surface area (Å²) in [6.07, 6.45) is 2.35. The molecule has 0 N–H and O–H groups in total. The molecule has 3 nitrogen and oxygen atoms in total. The summed E-state index contributed by atoms with van der Waals surface area (Å²) in [5, 5.41) is 0. The van der Waals surface area contributed by atoms with Crippen LogP contribution >= 0.6 is 11.6 Å². The first-order valence-corrected chi connectivity index (χ1v) is 5.18. The first-order chi connectivity index (χ1) is 6.51. The Balaban J connectivity index is 2.44. The number of halogens is 1. The largest absolute Gasteiger partial charge is 0.443 e. The van der Waals surface area contributed by atoms with Crippen molar-refractivity contribution in [3.05, 3.63) is 17.8 Å². The molecule has 0 aromatic carbocycles. The van der Waals surface area contributed by atoms with Crippen molar-refractivity contribution in [1.29, 1.82) is 0 Å². The van der Waals surface area contributed by atoms with Gasteiger partial charge in [-0.2, -0.15) is 0 Å². The van der Waals surface area contributed by atoms with Gasteiger partial charge in [0.25, 0.3) is 0 Å². The number of alkyl halides is 1. The van der Waals surface area contributed by atoms with Crippen molar-refractivity contribution in [2.24, 2.45) is 0 Å². The quantitative estimate of drug-likeness (QED) is 0.728. The molecule has 0 radical (unpaired) electrons. The van der Waals surface area contributed by atoms with E-state index in [1.54, 1.807) is 6.20 Å². The van der Waals surface area contributed by atoms with Gasteiger partial charge in [-0.15, -0.1) is 11.6 Å². The Kier molecular flexibility index (Phi) is 3.96. The Hall–Kier alpha value is -0.540. The topological polar surface area (TPSA) is 35.3 Å². The van der Waals surface area contributed by atoms with Crippen LogP contribution in [0.1, 0.15) is 32.4 Å². The average Bonchev–Trinajstić information content (AvgIpc) is 2.49. The lowest BCUT2D eigenvalue weighted by molar-refractivity contribution is -0.0227. The minimum absolute atomic E-state index is 0.153. The Morgan fingerprint density at radius 1 is 1.50 bits per heavy atom. The maximum absolute atomic E-state index is 5.56. The third-order valence-electron chi connectivity index (χ3n) is 1.56. The Morgan fingerprint density at radius 3 is 2.79 bits per heavy atom. The fourth-order valence-electron chi connectivity index (χ4n) is 0.899. The summed E-state index contributed by atoms with van der Waals surface area (Å²) >= 11 is 5.56. The number of rotatable bonds is 4. The van der Waals surface area contributed by atoms with Crippen LogP contribution in [0, 0.1) is 0 Å². The van der Waals surface area contributed by atoms with Crippen LogP contribution in [0.5, 0.6) is 0 Å². The zero-order valence-electron chi connectivity index (χ0n) is 8.84. The molecule has 0 aliphatic carbocycles. The molecule has 0 amide bonds. The lowest BCUT2D eigenvalue weighted by Crippen LogP contribution is -2.18. The molecule has 14 heavy (non-hydrogen) atoms. The maximum Gasteiger partial charge on any atom is 0.195 e. The fraction of sp³-hybridized carbons (Fsp3) is 0.700. The van der Waals surface area contributed by atoms with Gasteiger partial charge in [0.05, 0.1) is 11.8 Å². The number of ether oxygens (including phenoxy) is 1. The Bertz CT molecular complexity index is 278. The minimum atomic E-state index is -0.153. The van der Waals surface area contributed by atoms with Gasteiger partial charge in [0, 0.05) is 12.3 Å². The van der Waals surface area contributed by atoms with E-state index >= 15 is 0 Å². The molecule has 0 saturated heterocycles. The highest BCUT2D eigenvalue weighted by Gasteiger charge is 2.12. The summed E-state index contributed by atoms with van der Waals surface area (Å²) in [5.41, 5.74) is -0.153. The van der Waals surface area contributed by atoms with E-state index in [0.717, 1.165) is 5.76 Å². The molecule has 1 rings (SSSR count). The van der Waals surface area contributed by atoms with Crippen LogP contribution < -0.4 is 0 Å². The van der Waals surface area contributed by atoms with Gasteiger partial charge in [-0.05, 0) is 20.8 Å². The van der Waals surface area contributed by atoms with Crippen molar-refractivity contribution in [3.8, 4) is 0 Å². The third-order valence-corrected chi connectivity index (χ3v) is 1.75. The molecule has 0 saturated carbocycles. The molecular formula is C10H16ClNO2. The van der Waals surface area contributed by atoms with E-state index < -0.39 is 0 Å². The lowest BCUT2D eigenvalue weighted by atomic mass is 10.2. The lowest BCUT2D eigenvalue weighted by Gasteiger charge is -2.18. The summed E-state index contributed by atoms with van der Waals surface area (Å²) in [7, 11) is 0. The van der Waals surface area contributed by atoms with Crippen LogP contribution in [-0.2, 0) is 17.8 Å². The zero-order chi connectivity index (χ0) is 10.6. The summed E-state index contributed by atoms with van der Waals surface area (Å²) in [6.45, 7) is 6.47. The van der Waals surface area contributed by atoms with E-state index in [9.17, 15) is 0 Å². The first-order valence-electron chi connectivity index (χ1n) is 4.65. The molecule has 0 unspecified atom stereocenters. The number of nitrogens with zero attached hydrogens (tertiary/aromatic N) is 1. The van der Waals surface area contributed by atoms with Crippen LogP contribution in [0.4, 0.5) is 0 Å². The predicted octanol–water partition coefficient (Wildman–Crippen LogP) is 2.77. The standard InChI is InChI=1S/C10H16ClNO2/c1-10(2,3)13-7-8-6-12-9(14-8)4-5-11/h6H,4-5,7H2,1-3H3. The van der Waals surface area contributed by atoms with Crippen molar-refractivity contribution >= 4 is 11.6 Å². The monoisotopic (exact) mass is 217 g/mol. The van der Waals surface area contributed by atoms with E-state index in [1.807, 2.05) is 20.8 Å². The van der Waals surface area contributed by atoms with E-state index in [2.05, 4.69) is 4.98 Å². The summed E-state index contributed by atoms with van der Waals surface area (Å²) < 4.78 is 10.9.